The van der Waals surface area contributed by atoms with Gasteiger partial charge in [0.15, 0.2) is 0 Å². The highest BCUT2D eigenvalue weighted by Gasteiger charge is 2.38. The van der Waals surface area contributed by atoms with Gasteiger partial charge in [0.1, 0.15) is 6.10 Å². The van der Waals surface area contributed by atoms with Gasteiger partial charge in [0.2, 0.25) is 10.0 Å². The number of carbonyl (C=O) groups is 1. The third kappa shape index (κ3) is 7.06. The molecule has 1 atom stereocenters. The minimum atomic E-state index is -5.08. The van der Waals surface area contributed by atoms with E-state index in [9.17, 15) is 21.6 Å². The number of aromatic nitrogens is 2. The van der Waals surface area contributed by atoms with Crippen LogP contribution in [0, 0.1) is 6.92 Å². The molecule has 4 rings (SSSR count). The Morgan fingerprint density at radius 2 is 1.89 bits per heavy atom. The molecule has 0 spiro atoms. The Bertz CT molecular complexity index is 1310. The summed E-state index contributed by atoms with van der Waals surface area (Å²) in [6.07, 6.45) is -2.72. The standard InChI is InChI=1S/C21H22ClN3O3S.C2HF3O2/c1-15-18(22)8-5-9-20(15)29(26,27)23-12-19-21-17(10-11-28-19)14-25(24-21)13-16-6-3-2-4-7-16;3-2(4,5)1(6)7/h2-9,14,19,23H,10-13H2,1H3;(H,6,7). The maximum Gasteiger partial charge on any atom is 0.490 e. The molecule has 2 N–H and O–H groups in total. The SMILES string of the molecule is Cc1c(Cl)cccc1S(=O)(=O)NCC1OCCc2cn(Cc3ccccc3)nc21.O=C(O)C(F)(F)F. The number of nitrogens with zero attached hydrogens (tertiary/aromatic N) is 2. The molecule has 36 heavy (non-hydrogen) atoms. The lowest BCUT2D eigenvalue weighted by molar-refractivity contribution is -0.192. The van der Waals surface area contributed by atoms with Crippen LogP contribution in [0.15, 0.2) is 59.6 Å². The van der Waals surface area contributed by atoms with E-state index in [1.54, 1.807) is 25.1 Å². The normalized spacial score (nSPS) is 15.5. The van der Waals surface area contributed by atoms with Crippen LogP contribution in [0.4, 0.5) is 13.2 Å². The van der Waals surface area contributed by atoms with Gasteiger partial charge in [-0.25, -0.2) is 17.9 Å². The Hall–Kier alpha value is -2.93. The number of nitrogens with one attached hydrogen (secondary N) is 1. The second-order valence-corrected chi connectivity index (χ2v) is 9.99. The molecule has 0 fully saturated rings. The highest BCUT2D eigenvalue weighted by atomic mass is 35.5. The highest BCUT2D eigenvalue weighted by Crippen LogP contribution is 2.27. The summed E-state index contributed by atoms with van der Waals surface area (Å²) in [7, 11) is -3.71. The monoisotopic (exact) mass is 545 g/mol. The Kier molecular flexibility index (Phi) is 8.77. The first-order valence-corrected chi connectivity index (χ1v) is 12.5. The van der Waals surface area contributed by atoms with Gasteiger partial charge in [0, 0.05) is 17.8 Å². The lowest BCUT2D eigenvalue weighted by Gasteiger charge is -2.22. The molecule has 13 heteroatoms. The van der Waals surface area contributed by atoms with E-state index in [0.29, 0.717) is 23.7 Å². The van der Waals surface area contributed by atoms with Crippen LogP contribution in [0.1, 0.15) is 28.5 Å². The molecule has 1 aliphatic rings. The number of hydrogen-bond donors (Lipinski definition) is 2. The van der Waals surface area contributed by atoms with Crippen LogP contribution in [0.2, 0.25) is 5.02 Å². The molecule has 8 nitrogen and oxygen atoms in total. The number of aliphatic carboxylic acids is 1. The lowest BCUT2D eigenvalue weighted by Crippen LogP contribution is -2.32. The summed E-state index contributed by atoms with van der Waals surface area (Å²) < 4.78 is 67.6. The number of fused-ring (bicyclic) bond motifs is 1. The van der Waals surface area contributed by atoms with Crippen molar-refractivity contribution in [2.45, 2.75) is 37.1 Å². The summed E-state index contributed by atoms with van der Waals surface area (Å²) in [5, 5.41) is 12.2. The van der Waals surface area contributed by atoms with E-state index in [4.69, 9.17) is 26.2 Å². The smallest absolute Gasteiger partial charge is 0.475 e. The quantitative estimate of drug-likeness (QED) is 0.482. The number of alkyl halides is 3. The van der Waals surface area contributed by atoms with Gasteiger partial charge in [-0.05, 0) is 42.2 Å². The minimum absolute atomic E-state index is 0.115. The van der Waals surface area contributed by atoms with Crippen molar-refractivity contribution in [1.29, 1.82) is 0 Å². The van der Waals surface area contributed by atoms with Crippen LogP contribution in [0.5, 0.6) is 0 Å². The van der Waals surface area contributed by atoms with E-state index in [0.717, 1.165) is 23.2 Å². The van der Waals surface area contributed by atoms with Crippen molar-refractivity contribution in [3.05, 3.63) is 82.1 Å². The van der Waals surface area contributed by atoms with Gasteiger partial charge in [-0.1, -0.05) is 48.0 Å². The van der Waals surface area contributed by atoms with E-state index in [2.05, 4.69) is 22.0 Å². The Balaban J connectivity index is 0.000000454. The van der Waals surface area contributed by atoms with Crippen LogP contribution in [0.3, 0.4) is 0 Å². The number of benzene rings is 2. The lowest BCUT2D eigenvalue weighted by atomic mass is 10.1. The third-order valence-electron chi connectivity index (χ3n) is 5.26. The molecule has 194 valence electrons. The summed E-state index contributed by atoms with van der Waals surface area (Å²) in [6, 6.07) is 14.9. The minimum Gasteiger partial charge on any atom is -0.475 e. The molecule has 0 saturated heterocycles. The molecule has 2 aromatic carbocycles. The fourth-order valence-electron chi connectivity index (χ4n) is 3.48. The zero-order valence-corrected chi connectivity index (χ0v) is 20.6. The van der Waals surface area contributed by atoms with Crippen LogP contribution in [-0.4, -0.2) is 48.6 Å². The van der Waals surface area contributed by atoms with Crippen LogP contribution in [-0.2, 0) is 32.5 Å². The van der Waals surface area contributed by atoms with Crippen molar-refractivity contribution in [3.63, 3.8) is 0 Å². The fourth-order valence-corrected chi connectivity index (χ4v) is 5.01. The predicted molar refractivity (Wildman–Crippen MR) is 125 cm³/mol. The third-order valence-corrected chi connectivity index (χ3v) is 7.24. The second kappa shape index (κ2) is 11.4. The Morgan fingerprint density at radius 3 is 2.53 bits per heavy atom. The number of rotatable bonds is 6. The van der Waals surface area contributed by atoms with Gasteiger partial charge in [-0.3, -0.25) is 4.68 Å². The highest BCUT2D eigenvalue weighted by molar-refractivity contribution is 7.89. The van der Waals surface area contributed by atoms with Gasteiger partial charge < -0.3 is 9.84 Å². The van der Waals surface area contributed by atoms with E-state index in [1.165, 1.54) is 0 Å². The van der Waals surface area contributed by atoms with Gasteiger partial charge in [0.25, 0.3) is 0 Å². The number of halogens is 4. The fraction of sp³-hybridized carbons (Fsp3) is 0.304. The number of hydrogen-bond acceptors (Lipinski definition) is 5. The van der Waals surface area contributed by atoms with Crippen molar-refractivity contribution in [2.75, 3.05) is 13.2 Å². The number of sulfonamides is 1. The van der Waals surface area contributed by atoms with Gasteiger partial charge in [-0.15, -0.1) is 0 Å². The molecule has 1 aromatic heterocycles. The molecule has 3 aromatic rings. The predicted octanol–water partition coefficient (Wildman–Crippen LogP) is 4.12. The van der Waals surface area contributed by atoms with Crippen molar-refractivity contribution in [2.24, 2.45) is 0 Å². The van der Waals surface area contributed by atoms with Crippen molar-refractivity contribution in [3.8, 4) is 0 Å². The van der Waals surface area contributed by atoms with Gasteiger partial charge in [-0.2, -0.15) is 18.3 Å². The Labute approximate surface area is 210 Å². The first-order valence-electron chi connectivity index (χ1n) is 10.6. The molecule has 0 amide bonds. The summed E-state index contributed by atoms with van der Waals surface area (Å²) in [5.41, 5.74) is 3.56. The van der Waals surface area contributed by atoms with E-state index in [1.807, 2.05) is 29.1 Å². The number of carboxylic acid groups (broad SMARTS) is 1. The molecular weight excluding hydrogens is 523 g/mol. The molecule has 0 aliphatic carbocycles. The van der Waals surface area contributed by atoms with Crippen LogP contribution in [0.25, 0.3) is 0 Å². The topological polar surface area (TPSA) is 111 Å². The molecule has 0 bridgehead atoms. The molecule has 2 heterocycles. The van der Waals surface area contributed by atoms with Crippen molar-refractivity contribution < 1.29 is 36.2 Å². The zero-order valence-electron chi connectivity index (χ0n) is 19.0. The number of ether oxygens (including phenoxy) is 1. The van der Waals surface area contributed by atoms with Crippen LogP contribution >= 0.6 is 11.6 Å². The first kappa shape index (κ1) is 27.7. The maximum absolute atomic E-state index is 12.8. The average molecular weight is 546 g/mol. The first-order chi connectivity index (χ1) is 16.9. The van der Waals surface area contributed by atoms with E-state index in [-0.39, 0.29) is 11.4 Å². The summed E-state index contributed by atoms with van der Waals surface area (Å²) >= 11 is 6.08. The average Bonchev–Trinajstić information content (AvgIpc) is 3.23. The largest absolute Gasteiger partial charge is 0.490 e. The molecule has 0 saturated carbocycles. The molecular formula is C23H23ClF3N3O5S. The Morgan fingerprint density at radius 1 is 1.22 bits per heavy atom. The summed E-state index contributed by atoms with van der Waals surface area (Å²) in [6.45, 7) is 3.00. The van der Waals surface area contributed by atoms with Crippen molar-refractivity contribution in [1.82, 2.24) is 14.5 Å². The second-order valence-electron chi connectivity index (χ2n) is 7.85. The maximum atomic E-state index is 12.8. The number of carboxylic acids is 1. The van der Waals surface area contributed by atoms with Crippen molar-refractivity contribution >= 4 is 27.6 Å². The zero-order chi connectivity index (χ0) is 26.5. The van der Waals surface area contributed by atoms with Crippen LogP contribution < -0.4 is 4.72 Å². The van der Waals surface area contributed by atoms with Gasteiger partial charge in [0.05, 0.1) is 23.7 Å². The molecule has 1 aliphatic heterocycles. The summed E-state index contributed by atoms with van der Waals surface area (Å²) in [5.74, 6) is -2.76. The summed E-state index contributed by atoms with van der Waals surface area (Å²) in [4.78, 5) is 9.07. The van der Waals surface area contributed by atoms with E-state index >= 15 is 0 Å². The van der Waals surface area contributed by atoms with Gasteiger partial charge >= 0.3 is 12.1 Å². The van der Waals surface area contributed by atoms with E-state index < -0.39 is 28.3 Å². The molecule has 1 unspecified atom stereocenters. The molecule has 0 radical (unpaired) electrons.